The van der Waals surface area contributed by atoms with Crippen LogP contribution in [-0.4, -0.2) is 29.6 Å². The Balaban J connectivity index is 2.38. The summed E-state index contributed by atoms with van der Waals surface area (Å²) in [6.07, 6.45) is 1.69. The lowest BCUT2D eigenvalue weighted by atomic mass is 10.2. The minimum Gasteiger partial charge on any atom is -0.461 e. The molecule has 2 heterocycles. The smallest absolute Gasteiger partial charge is 0.358 e. The van der Waals surface area contributed by atoms with Crippen LogP contribution in [0.15, 0.2) is 23.8 Å². The number of anilines is 1. The highest BCUT2D eigenvalue weighted by molar-refractivity contribution is 7.13. The first kappa shape index (κ1) is 12.5. The lowest BCUT2D eigenvalue weighted by Gasteiger charge is -2.04. The van der Waals surface area contributed by atoms with E-state index < -0.39 is 5.97 Å². The summed E-state index contributed by atoms with van der Waals surface area (Å²) < 4.78 is 4.98. The molecule has 2 aromatic heterocycles. The largest absolute Gasteiger partial charge is 0.461 e. The topological polar surface area (TPSA) is 64.1 Å². The fraction of sp³-hybridized carbons (Fsp3) is 0.250. The number of hydrogen-bond donors (Lipinski definition) is 1. The minimum absolute atomic E-state index is 0.341. The van der Waals surface area contributed by atoms with Gasteiger partial charge in [0.1, 0.15) is 5.82 Å². The van der Waals surface area contributed by atoms with Gasteiger partial charge in [0, 0.05) is 13.2 Å². The molecule has 0 saturated heterocycles. The Morgan fingerprint density at radius 1 is 1.50 bits per heavy atom. The van der Waals surface area contributed by atoms with E-state index in [2.05, 4.69) is 15.3 Å². The van der Waals surface area contributed by atoms with Crippen molar-refractivity contribution in [2.45, 2.75) is 6.92 Å². The summed E-state index contributed by atoms with van der Waals surface area (Å²) in [7, 11) is 1.80. The van der Waals surface area contributed by atoms with E-state index in [0.29, 0.717) is 12.3 Å². The molecule has 0 unspecified atom stereocenters. The molecule has 2 rings (SSSR count). The van der Waals surface area contributed by atoms with Gasteiger partial charge in [-0.1, -0.05) is 0 Å². The predicted octanol–water partition coefficient (Wildman–Crippen LogP) is 2.42. The molecule has 5 nitrogen and oxygen atoms in total. The molecule has 0 bridgehead atoms. The van der Waals surface area contributed by atoms with Gasteiger partial charge in [0.05, 0.1) is 17.0 Å². The van der Waals surface area contributed by atoms with Crippen molar-refractivity contribution in [3.8, 4) is 10.4 Å². The van der Waals surface area contributed by atoms with E-state index >= 15 is 0 Å². The molecule has 0 aliphatic rings. The molecule has 2 aromatic rings. The molecule has 0 saturated carbocycles. The number of hydrogen-bond acceptors (Lipinski definition) is 6. The van der Waals surface area contributed by atoms with Crippen LogP contribution < -0.4 is 5.32 Å². The SMILES string of the molecule is CCOC(=O)c1ncsc1-c1ccnc(NC)c1. The lowest BCUT2D eigenvalue weighted by Crippen LogP contribution is -2.06. The van der Waals surface area contributed by atoms with Gasteiger partial charge < -0.3 is 10.1 Å². The molecule has 1 N–H and O–H groups in total. The van der Waals surface area contributed by atoms with E-state index in [4.69, 9.17) is 4.74 Å². The molecule has 0 aliphatic carbocycles. The fourth-order valence-corrected chi connectivity index (χ4v) is 2.28. The fourth-order valence-electron chi connectivity index (χ4n) is 1.50. The van der Waals surface area contributed by atoms with Gasteiger partial charge in [0.25, 0.3) is 0 Å². The van der Waals surface area contributed by atoms with E-state index in [9.17, 15) is 4.79 Å². The first-order chi connectivity index (χ1) is 8.76. The Labute approximate surface area is 109 Å². The maximum absolute atomic E-state index is 11.7. The zero-order valence-electron chi connectivity index (χ0n) is 10.1. The summed E-state index contributed by atoms with van der Waals surface area (Å²) in [5.74, 6) is 0.354. The van der Waals surface area contributed by atoms with Crippen LogP contribution in [0, 0.1) is 0 Å². The molecule has 94 valence electrons. The van der Waals surface area contributed by atoms with Crippen molar-refractivity contribution in [2.24, 2.45) is 0 Å². The molecule has 18 heavy (non-hydrogen) atoms. The summed E-state index contributed by atoms with van der Waals surface area (Å²) in [6, 6.07) is 3.72. The van der Waals surface area contributed by atoms with Crippen LogP contribution in [0.25, 0.3) is 10.4 Å². The lowest BCUT2D eigenvalue weighted by molar-refractivity contribution is 0.0521. The second-order valence-corrected chi connectivity index (χ2v) is 4.29. The molecule has 6 heteroatoms. The predicted molar refractivity (Wildman–Crippen MR) is 70.8 cm³/mol. The highest BCUT2D eigenvalue weighted by Gasteiger charge is 2.17. The van der Waals surface area contributed by atoms with Crippen molar-refractivity contribution < 1.29 is 9.53 Å². The van der Waals surface area contributed by atoms with Crippen molar-refractivity contribution in [1.82, 2.24) is 9.97 Å². The third kappa shape index (κ3) is 2.48. The Kier molecular flexibility index (Phi) is 3.88. The van der Waals surface area contributed by atoms with Crippen molar-refractivity contribution in [3.05, 3.63) is 29.5 Å². The first-order valence-corrected chi connectivity index (χ1v) is 6.39. The van der Waals surface area contributed by atoms with Crippen LogP contribution in [0.1, 0.15) is 17.4 Å². The number of rotatable bonds is 4. The Hall–Kier alpha value is -1.95. The quantitative estimate of drug-likeness (QED) is 0.858. The number of esters is 1. The standard InChI is InChI=1S/C12H13N3O2S/c1-3-17-12(16)10-11(18-7-15-10)8-4-5-14-9(6-8)13-2/h4-7H,3H2,1-2H3,(H,13,14). The number of ether oxygens (including phenoxy) is 1. The van der Waals surface area contributed by atoms with Crippen LogP contribution in [-0.2, 0) is 4.74 Å². The summed E-state index contributed by atoms with van der Waals surface area (Å²) in [5.41, 5.74) is 2.90. The number of thiazole rings is 1. The summed E-state index contributed by atoms with van der Waals surface area (Å²) in [6.45, 7) is 2.11. The van der Waals surface area contributed by atoms with Crippen LogP contribution in [0.3, 0.4) is 0 Å². The Morgan fingerprint density at radius 2 is 2.33 bits per heavy atom. The molecule has 0 aliphatic heterocycles. The molecule has 0 amide bonds. The van der Waals surface area contributed by atoms with Crippen molar-refractivity contribution in [2.75, 3.05) is 19.0 Å². The molecular formula is C12H13N3O2S. The number of carbonyl (C=O) groups excluding carboxylic acids is 1. The minimum atomic E-state index is -0.392. The first-order valence-electron chi connectivity index (χ1n) is 5.51. The maximum atomic E-state index is 11.7. The van der Waals surface area contributed by atoms with Crippen LogP contribution in [0.2, 0.25) is 0 Å². The number of carbonyl (C=O) groups is 1. The second-order valence-electron chi connectivity index (χ2n) is 3.43. The number of nitrogens with zero attached hydrogens (tertiary/aromatic N) is 2. The molecule has 0 fully saturated rings. The molecular weight excluding hydrogens is 250 g/mol. The molecule has 0 radical (unpaired) electrons. The average molecular weight is 263 g/mol. The highest BCUT2D eigenvalue weighted by Crippen LogP contribution is 2.29. The van der Waals surface area contributed by atoms with E-state index in [1.165, 1.54) is 11.3 Å². The van der Waals surface area contributed by atoms with Crippen molar-refractivity contribution >= 4 is 23.1 Å². The van der Waals surface area contributed by atoms with Crippen molar-refractivity contribution in [3.63, 3.8) is 0 Å². The van der Waals surface area contributed by atoms with Gasteiger partial charge in [-0.2, -0.15) is 0 Å². The zero-order chi connectivity index (χ0) is 13.0. The number of aromatic nitrogens is 2. The van der Waals surface area contributed by atoms with E-state index in [0.717, 1.165) is 16.3 Å². The highest BCUT2D eigenvalue weighted by atomic mass is 32.1. The zero-order valence-corrected chi connectivity index (χ0v) is 11.0. The van der Waals surface area contributed by atoms with E-state index in [1.54, 1.807) is 25.7 Å². The summed E-state index contributed by atoms with van der Waals surface area (Å²) in [5, 5.41) is 2.96. The van der Waals surface area contributed by atoms with Gasteiger partial charge in [0.15, 0.2) is 5.69 Å². The normalized spacial score (nSPS) is 10.1. The monoisotopic (exact) mass is 263 g/mol. The molecule has 0 aromatic carbocycles. The third-order valence-electron chi connectivity index (χ3n) is 2.31. The molecule has 0 atom stereocenters. The van der Waals surface area contributed by atoms with Crippen molar-refractivity contribution in [1.29, 1.82) is 0 Å². The van der Waals surface area contributed by atoms with Crippen LogP contribution in [0.5, 0.6) is 0 Å². The van der Waals surface area contributed by atoms with Gasteiger partial charge in [-0.15, -0.1) is 11.3 Å². The Morgan fingerprint density at radius 3 is 3.06 bits per heavy atom. The van der Waals surface area contributed by atoms with Gasteiger partial charge in [-0.3, -0.25) is 0 Å². The Bertz CT molecular complexity index is 554. The van der Waals surface area contributed by atoms with E-state index in [-0.39, 0.29) is 0 Å². The van der Waals surface area contributed by atoms with Gasteiger partial charge in [-0.05, 0) is 24.6 Å². The van der Waals surface area contributed by atoms with Gasteiger partial charge in [0.2, 0.25) is 0 Å². The number of nitrogens with one attached hydrogen (secondary N) is 1. The number of pyridine rings is 1. The maximum Gasteiger partial charge on any atom is 0.358 e. The average Bonchev–Trinajstić information content (AvgIpc) is 2.88. The van der Waals surface area contributed by atoms with Gasteiger partial charge >= 0.3 is 5.97 Å². The molecule has 0 spiro atoms. The summed E-state index contributed by atoms with van der Waals surface area (Å²) >= 11 is 1.41. The van der Waals surface area contributed by atoms with E-state index in [1.807, 2.05) is 12.1 Å². The van der Waals surface area contributed by atoms with Gasteiger partial charge in [-0.25, -0.2) is 14.8 Å². The second kappa shape index (κ2) is 5.59. The summed E-state index contributed by atoms with van der Waals surface area (Å²) in [4.78, 5) is 20.7. The van der Waals surface area contributed by atoms with Crippen LogP contribution in [0.4, 0.5) is 5.82 Å². The van der Waals surface area contributed by atoms with Crippen LogP contribution >= 0.6 is 11.3 Å². The third-order valence-corrected chi connectivity index (χ3v) is 3.19.